The lowest BCUT2D eigenvalue weighted by Crippen LogP contribution is -2.12. The van der Waals surface area contributed by atoms with Crippen molar-refractivity contribution in [1.82, 2.24) is 0 Å². The maximum Gasteiger partial charge on any atom is 0.00303 e. The van der Waals surface area contributed by atoms with Crippen LogP contribution in [0.15, 0.2) is 72.9 Å². The van der Waals surface area contributed by atoms with Crippen molar-refractivity contribution in [3.63, 3.8) is 0 Å². The van der Waals surface area contributed by atoms with Crippen LogP contribution in [-0.2, 0) is 0 Å². The molecule has 0 heterocycles. The van der Waals surface area contributed by atoms with Crippen LogP contribution in [0, 0.1) is 35.0 Å². The minimum Gasteiger partial charge on any atom is -0.102 e. The topological polar surface area (TPSA) is 0 Å². The van der Waals surface area contributed by atoms with Gasteiger partial charge in [-0.2, -0.15) is 0 Å². The predicted octanol–water partition coefficient (Wildman–Crippen LogP) is 11.3. The number of allylic oxidation sites excluding steroid dienone is 8. The van der Waals surface area contributed by atoms with Crippen molar-refractivity contribution < 1.29 is 0 Å². The summed E-state index contributed by atoms with van der Waals surface area (Å²) in [7, 11) is 0. The molecule has 0 nitrogen and oxygen atoms in total. The predicted molar refractivity (Wildman–Crippen MR) is 158 cm³/mol. The molecule has 0 aromatic carbocycles. The van der Waals surface area contributed by atoms with Crippen molar-refractivity contribution >= 4 is 0 Å². The van der Waals surface area contributed by atoms with E-state index in [0.717, 1.165) is 19.3 Å². The third-order valence-corrected chi connectivity index (χ3v) is 8.29. The molecule has 0 aromatic rings. The van der Waals surface area contributed by atoms with Gasteiger partial charge in [-0.15, -0.1) is 6.58 Å². The molecular formula is C34H58. The zero-order valence-corrected chi connectivity index (χ0v) is 24.5. The molecule has 0 aliphatic heterocycles. The first kappa shape index (κ1) is 32.4. The summed E-state index contributed by atoms with van der Waals surface area (Å²) in [4.78, 5) is 0. The Balaban J connectivity index is 4.66. The van der Waals surface area contributed by atoms with E-state index in [0.29, 0.717) is 29.6 Å². The highest BCUT2D eigenvalue weighted by atomic mass is 14.2. The summed E-state index contributed by atoms with van der Waals surface area (Å²) in [5.41, 5.74) is 5.51. The van der Waals surface area contributed by atoms with Gasteiger partial charge in [0, 0.05) is 5.41 Å². The van der Waals surface area contributed by atoms with Crippen molar-refractivity contribution in [1.29, 1.82) is 0 Å². The Bertz CT molecular complexity index is 714. The van der Waals surface area contributed by atoms with Crippen molar-refractivity contribution in [3.8, 4) is 0 Å². The van der Waals surface area contributed by atoms with E-state index in [-0.39, 0.29) is 5.41 Å². The number of hydrogen-bond donors (Lipinski definition) is 0. The fourth-order valence-corrected chi connectivity index (χ4v) is 3.87. The summed E-state index contributed by atoms with van der Waals surface area (Å²) in [6, 6.07) is 0. The van der Waals surface area contributed by atoms with Crippen LogP contribution in [0.3, 0.4) is 0 Å². The van der Waals surface area contributed by atoms with Crippen LogP contribution in [0.4, 0.5) is 0 Å². The Morgan fingerprint density at radius 3 is 1.88 bits per heavy atom. The highest BCUT2D eigenvalue weighted by molar-refractivity contribution is 5.11. The van der Waals surface area contributed by atoms with Gasteiger partial charge in [-0.25, -0.2) is 0 Å². The van der Waals surface area contributed by atoms with Crippen LogP contribution < -0.4 is 0 Å². The molecule has 0 aliphatic rings. The molecule has 0 aliphatic carbocycles. The van der Waals surface area contributed by atoms with Crippen molar-refractivity contribution in [2.75, 3.05) is 0 Å². The summed E-state index contributed by atoms with van der Waals surface area (Å²) in [5, 5.41) is 0. The largest absolute Gasteiger partial charge is 0.102 e. The van der Waals surface area contributed by atoms with E-state index in [1.165, 1.54) is 48.0 Å². The van der Waals surface area contributed by atoms with E-state index in [2.05, 4.69) is 113 Å². The lowest BCUT2D eigenvalue weighted by Gasteiger charge is -2.25. The third-order valence-electron chi connectivity index (χ3n) is 8.29. The van der Waals surface area contributed by atoms with Crippen LogP contribution >= 0.6 is 0 Å². The Morgan fingerprint density at radius 1 is 0.765 bits per heavy atom. The fourth-order valence-electron chi connectivity index (χ4n) is 3.87. The third kappa shape index (κ3) is 13.4. The van der Waals surface area contributed by atoms with Crippen LogP contribution in [0.2, 0.25) is 0 Å². The monoisotopic (exact) mass is 466 g/mol. The molecular weight excluding hydrogens is 408 g/mol. The molecule has 0 fully saturated rings. The second-order valence-electron chi connectivity index (χ2n) is 11.8. The first-order valence-corrected chi connectivity index (χ1v) is 13.7. The maximum absolute atomic E-state index is 4.38. The molecule has 0 heteroatoms. The molecule has 34 heavy (non-hydrogen) atoms. The summed E-state index contributed by atoms with van der Waals surface area (Å²) in [5.74, 6) is 2.91. The minimum atomic E-state index is 0.0572. The summed E-state index contributed by atoms with van der Waals surface area (Å²) < 4.78 is 0. The minimum absolute atomic E-state index is 0.0572. The van der Waals surface area contributed by atoms with Gasteiger partial charge in [0.2, 0.25) is 0 Å². The van der Waals surface area contributed by atoms with Crippen LogP contribution in [-0.4, -0.2) is 0 Å². The molecule has 6 atom stereocenters. The quantitative estimate of drug-likeness (QED) is 0.176. The van der Waals surface area contributed by atoms with Crippen LogP contribution in [0.5, 0.6) is 0 Å². The van der Waals surface area contributed by atoms with Gasteiger partial charge in [0.05, 0.1) is 0 Å². The van der Waals surface area contributed by atoms with Crippen LogP contribution in [0.25, 0.3) is 0 Å². The van der Waals surface area contributed by atoms with E-state index in [4.69, 9.17) is 0 Å². The SMILES string of the molecule is C=CC(C)(C=CC(C)CCC(C)C(=C)CCC(C)C(=C)C)CCC(C)C(C)=CCC(C)C(=C)C. The van der Waals surface area contributed by atoms with Gasteiger partial charge in [-0.3, -0.25) is 0 Å². The molecule has 0 aromatic heterocycles. The zero-order valence-electron chi connectivity index (χ0n) is 24.5. The van der Waals surface area contributed by atoms with Gasteiger partial charge in [0.15, 0.2) is 0 Å². The first-order valence-electron chi connectivity index (χ1n) is 13.7. The van der Waals surface area contributed by atoms with E-state index < -0.39 is 0 Å². The molecule has 0 radical (unpaired) electrons. The maximum atomic E-state index is 4.38. The molecule has 0 amide bonds. The lowest BCUT2D eigenvalue weighted by atomic mass is 9.80. The lowest BCUT2D eigenvalue weighted by molar-refractivity contribution is 0.429. The molecule has 0 N–H and O–H groups in total. The second kappa shape index (κ2) is 16.2. The average Bonchev–Trinajstić information content (AvgIpc) is 2.80. The second-order valence-corrected chi connectivity index (χ2v) is 11.8. The Labute approximate surface area is 215 Å². The van der Waals surface area contributed by atoms with Crippen LogP contribution in [0.1, 0.15) is 107 Å². The van der Waals surface area contributed by atoms with E-state index in [1.807, 2.05) is 0 Å². The Hall–Kier alpha value is -1.56. The van der Waals surface area contributed by atoms with Crippen molar-refractivity contribution in [3.05, 3.63) is 72.9 Å². The smallest absolute Gasteiger partial charge is 0.00303 e. The van der Waals surface area contributed by atoms with Crippen molar-refractivity contribution in [2.45, 2.75) is 107 Å². The zero-order chi connectivity index (χ0) is 26.5. The van der Waals surface area contributed by atoms with Crippen molar-refractivity contribution in [2.24, 2.45) is 35.0 Å². The molecule has 0 spiro atoms. The summed E-state index contributed by atoms with van der Waals surface area (Å²) in [6.45, 7) is 37.2. The number of rotatable bonds is 18. The Kier molecular flexibility index (Phi) is 15.4. The molecule has 0 saturated heterocycles. The molecule has 0 saturated carbocycles. The standard InChI is InChI=1S/C34H58/c1-14-34(13,24-22-33(12)32(11)20-18-29(8)26(4)5)23-21-27(6)15-16-30(9)31(10)19-17-28(7)25(2)3/h14,20-21,23,27-30,33H,1-2,4,10,15-19,22,24H2,3,5-9,11-13H3. The molecule has 0 rings (SSSR count). The fraction of sp³-hybridized carbons (Fsp3) is 0.647. The highest BCUT2D eigenvalue weighted by Gasteiger charge is 2.19. The van der Waals surface area contributed by atoms with Gasteiger partial charge in [0.25, 0.3) is 0 Å². The van der Waals surface area contributed by atoms with E-state index in [1.54, 1.807) is 0 Å². The van der Waals surface area contributed by atoms with Gasteiger partial charge in [-0.1, -0.05) is 108 Å². The van der Waals surface area contributed by atoms with Gasteiger partial charge < -0.3 is 0 Å². The molecule has 0 bridgehead atoms. The summed E-state index contributed by atoms with van der Waals surface area (Å²) in [6.07, 6.45) is 17.5. The van der Waals surface area contributed by atoms with Gasteiger partial charge in [-0.05, 0) is 95.3 Å². The van der Waals surface area contributed by atoms with E-state index in [9.17, 15) is 0 Å². The normalized spacial score (nSPS) is 18.6. The number of hydrogen-bond acceptors (Lipinski definition) is 0. The molecule has 194 valence electrons. The first-order chi connectivity index (χ1) is 15.7. The summed E-state index contributed by atoms with van der Waals surface area (Å²) >= 11 is 0. The van der Waals surface area contributed by atoms with Gasteiger partial charge in [0.1, 0.15) is 0 Å². The average molecular weight is 467 g/mol. The van der Waals surface area contributed by atoms with Gasteiger partial charge >= 0.3 is 0 Å². The Morgan fingerprint density at radius 2 is 1.35 bits per heavy atom. The van der Waals surface area contributed by atoms with E-state index >= 15 is 0 Å². The molecule has 6 unspecified atom stereocenters. The highest BCUT2D eigenvalue weighted by Crippen LogP contribution is 2.32.